The van der Waals surface area contributed by atoms with Crippen molar-refractivity contribution in [1.82, 2.24) is 0 Å². The number of fused-ring (bicyclic) bond motifs is 1. The van der Waals surface area contributed by atoms with Gasteiger partial charge in [0, 0.05) is 27.1 Å². The average Bonchev–Trinajstić information content (AvgIpc) is 3.17. The molecule has 0 N–H and O–H groups in total. The zero-order valence-corrected chi connectivity index (χ0v) is 14.1. The van der Waals surface area contributed by atoms with E-state index in [0.29, 0.717) is 15.1 Å². The van der Waals surface area contributed by atoms with E-state index in [2.05, 4.69) is 0 Å². The first-order valence-electron chi connectivity index (χ1n) is 6.89. The summed E-state index contributed by atoms with van der Waals surface area (Å²) in [6.45, 7) is 1.57. The number of aryl methyl sites for hydroxylation is 1. The quantitative estimate of drug-likeness (QED) is 0.294. The number of hydrogen-bond acceptors (Lipinski definition) is 7. The predicted octanol–water partition coefficient (Wildman–Crippen LogP) is 4.22. The summed E-state index contributed by atoms with van der Waals surface area (Å²) < 4.78 is 5.80. The maximum Gasteiger partial charge on any atom is 0.348 e. The topological polar surface area (TPSA) is 86.5 Å². The zero-order valence-electron chi connectivity index (χ0n) is 12.5. The summed E-state index contributed by atoms with van der Waals surface area (Å²) in [6.07, 6.45) is 0. The van der Waals surface area contributed by atoms with Crippen molar-refractivity contribution in [2.45, 2.75) is 6.92 Å². The Morgan fingerprint density at radius 3 is 2.58 bits per heavy atom. The van der Waals surface area contributed by atoms with E-state index in [1.807, 2.05) is 13.0 Å². The van der Waals surface area contributed by atoms with Crippen LogP contribution in [0.15, 0.2) is 36.4 Å². The van der Waals surface area contributed by atoms with Crippen LogP contribution in [0.1, 0.15) is 24.2 Å². The third-order valence-corrected chi connectivity index (χ3v) is 5.40. The van der Waals surface area contributed by atoms with Gasteiger partial charge in [0.1, 0.15) is 4.88 Å². The Balaban J connectivity index is 1.71. The molecule has 0 fully saturated rings. The number of esters is 1. The molecule has 3 aromatic rings. The van der Waals surface area contributed by atoms with Crippen molar-refractivity contribution in [3.63, 3.8) is 0 Å². The molecule has 0 aliphatic carbocycles. The van der Waals surface area contributed by atoms with E-state index in [9.17, 15) is 19.7 Å². The van der Waals surface area contributed by atoms with E-state index in [1.165, 1.54) is 40.9 Å². The Morgan fingerprint density at radius 2 is 1.92 bits per heavy atom. The van der Waals surface area contributed by atoms with E-state index < -0.39 is 10.9 Å². The van der Waals surface area contributed by atoms with Crippen molar-refractivity contribution < 1.29 is 19.2 Å². The van der Waals surface area contributed by atoms with E-state index in [4.69, 9.17) is 4.74 Å². The van der Waals surface area contributed by atoms with Crippen molar-refractivity contribution >= 4 is 50.2 Å². The van der Waals surface area contributed by atoms with Crippen LogP contribution in [0.3, 0.4) is 0 Å². The normalized spacial score (nSPS) is 10.7. The highest BCUT2D eigenvalue weighted by atomic mass is 32.1. The highest BCUT2D eigenvalue weighted by Gasteiger charge is 2.16. The van der Waals surface area contributed by atoms with Gasteiger partial charge in [0.2, 0.25) is 5.78 Å². The minimum atomic E-state index is -0.611. The molecule has 0 saturated heterocycles. The molecular formula is C16H11NO5S2. The average molecular weight is 361 g/mol. The van der Waals surface area contributed by atoms with Crippen LogP contribution in [0.5, 0.6) is 0 Å². The molecule has 6 nitrogen and oxygen atoms in total. The number of carbonyl (C=O) groups excluding carboxylic acids is 2. The second-order valence-electron chi connectivity index (χ2n) is 5.00. The number of benzene rings is 1. The first-order valence-corrected chi connectivity index (χ1v) is 8.52. The smallest absolute Gasteiger partial charge is 0.348 e. The second-order valence-corrected chi connectivity index (χ2v) is 7.37. The fourth-order valence-corrected chi connectivity index (χ4v) is 3.83. The number of ether oxygens (including phenoxy) is 1. The first-order chi connectivity index (χ1) is 11.4. The number of nitrogens with zero attached hydrogens (tertiary/aromatic N) is 1. The van der Waals surface area contributed by atoms with Crippen molar-refractivity contribution in [2.24, 2.45) is 0 Å². The second kappa shape index (κ2) is 6.50. The lowest BCUT2D eigenvalue weighted by molar-refractivity contribution is -0.384. The third kappa shape index (κ3) is 3.34. The highest BCUT2D eigenvalue weighted by Crippen LogP contribution is 2.29. The summed E-state index contributed by atoms with van der Waals surface area (Å²) in [5, 5.41) is 11.4. The van der Waals surface area contributed by atoms with Gasteiger partial charge < -0.3 is 4.74 Å². The van der Waals surface area contributed by atoms with Crippen molar-refractivity contribution in [3.8, 4) is 0 Å². The molecular weight excluding hydrogens is 350 g/mol. The molecule has 0 saturated carbocycles. The molecule has 0 unspecified atom stereocenters. The van der Waals surface area contributed by atoms with Crippen LogP contribution in [0.2, 0.25) is 0 Å². The molecule has 24 heavy (non-hydrogen) atoms. The Bertz CT molecular complexity index is 956. The number of rotatable bonds is 5. The summed E-state index contributed by atoms with van der Waals surface area (Å²) in [4.78, 5) is 36.2. The maximum atomic E-state index is 12.1. The predicted molar refractivity (Wildman–Crippen MR) is 92.1 cm³/mol. The maximum absolute atomic E-state index is 12.1. The first kappa shape index (κ1) is 16.3. The van der Waals surface area contributed by atoms with Gasteiger partial charge in [-0.1, -0.05) is 0 Å². The SMILES string of the molecule is Cc1ccc(C(=O)COC(=O)c2cc3cc([N+](=O)[O-])ccc3s2)s1. The summed E-state index contributed by atoms with van der Waals surface area (Å²) in [6, 6.07) is 9.45. The largest absolute Gasteiger partial charge is 0.453 e. The van der Waals surface area contributed by atoms with Gasteiger partial charge in [-0.05, 0) is 31.2 Å². The molecule has 1 aromatic carbocycles. The van der Waals surface area contributed by atoms with Gasteiger partial charge in [0.05, 0.1) is 9.80 Å². The molecule has 0 bridgehead atoms. The number of nitro benzene ring substituents is 1. The minimum Gasteiger partial charge on any atom is -0.453 e. The molecule has 122 valence electrons. The van der Waals surface area contributed by atoms with Crippen molar-refractivity contribution in [1.29, 1.82) is 0 Å². The third-order valence-electron chi connectivity index (χ3n) is 3.26. The number of nitro groups is 1. The van der Waals surface area contributed by atoms with E-state index >= 15 is 0 Å². The van der Waals surface area contributed by atoms with Crippen LogP contribution < -0.4 is 0 Å². The molecule has 3 rings (SSSR count). The van der Waals surface area contributed by atoms with Crippen LogP contribution in [0, 0.1) is 17.0 Å². The number of thiophene rings is 2. The van der Waals surface area contributed by atoms with Crippen LogP contribution in [0.4, 0.5) is 5.69 Å². The number of Topliss-reactive ketones (excluding diaryl/α,β-unsaturated/α-hetero) is 1. The fraction of sp³-hybridized carbons (Fsp3) is 0.125. The Labute approximate surface area is 144 Å². The van der Waals surface area contributed by atoms with Gasteiger partial charge in [0.25, 0.3) is 5.69 Å². The molecule has 2 heterocycles. The Kier molecular flexibility index (Phi) is 4.41. The van der Waals surface area contributed by atoms with Gasteiger partial charge in [-0.15, -0.1) is 22.7 Å². The van der Waals surface area contributed by atoms with Crippen molar-refractivity contribution in [2.75, 3.05) is 6.61 Å². The van der Waals surface area contributed by atoms with Gasteiger partial charge in [-0.3, -0.25) is 14.9 Å². The van der Waals surface area contributed by atoms with Gasteiger partial charge >= 0.3 is 5.97 Å². The molecule has 0 spiro atoms. The molecule has 0 atom stereocenters. The summed E-state index contributed by atoms with van der Waals surface area (Å²) in [5.74, 6) is -0.862. The molecule has 2 aromatic heterocycles. The monoisotopic (exact) mass is 361 g/mol. The van der Waals surface area contributed by atoms with E-state index in [-0.39, 0.29) is 18.1 Å². The van der Waals surface area contributed by atoms with Crippen LogP contribution >= 0.6 is 22.7 Å². The molecule has 0 radical (unpaired) electrons. The highest BCUT2D eigenvalue weighted by molar-refractivity contribution is 7.20. The Hall–Kier alpha value is -2.58. The number of hydrogen-bond donors (Lipinski definition) is 0. The van der Waals surface area contributed by atoms with Gasteiger partial charge in [0.15, 0.2) is 6.61 Å². The summed E-state index contributed by atoms with van der Waals surface area (Å²) in [5.41, 5.74) is -0.0385. The van der Waals surface area contributed by atoms with Crippen molar-refractivity contribution in [3.05, 3.63) is 61.1 Å². The molecule has 8 heteroatoms. The molecule has 0 aliphatic rings. The lowest BCUT2D eigenvalue weighted by Crippen LogP contribution is -2.12. The lowest BCUT2D eigenvalue weighted by atomic mass is 10.2. The lowest BCUT2D eigenvalue weighted by Gasteiger charge is -2.00. The standard InChI is InChI=1S/C16H11NO5S2/c1-9-2-4-14(23-9)12(18)8-22-16(19)15-7-10-6-11(17(20)21)3-5-13(10)24-15/h2-7H,8H2,1H3. The molecule has 0 amide bonds. The molecule has 0 aliphatic heterocycles. The van der Waals surface area contributed by atoms with E-state index in [1.54, 1.807) is 12.1 Å². The van der Waals surface area contributed by atoms with Gasteiger partial charge in [-0.25, -0.2) is 4.79 Å². The van der Waals surface area contributed by atoms with Crippen LogP contribution in [0.25, 0.3) is 10.1 Å². The minimum absolute atomic E-state index is 0.0385. The number of carbonyl (C=O) groups is 2. The van der Waals surface area contributed by atoms with E-state index in [0.717, 1.165) is 9.58 Å². The summed E-state index contributed by atoms with van der Waals surface area (Å²) >= 11 is 2.52. The van der Waals surface area contributed by atoms with Gasteiger partial charge in [-0.2, -0.15) is 0 Å². The van der Waals surface area contributed by atoms with Crippen LogP contribution in [-0.4, -0.2) is 23.3 Å². The zero-order chi connectivity index (χ0) is 17.3. The fourth-order valence-electron chi connectivity index (χ4n) is 2.10. The number of ketones is 1. The number of non-ortho nitro benzene ring substituents is 1. The summed E-state index contributed by atoms with van der Waals surface area (Å²) in [7, 11) is 0. The van der Waals surface area contributed by atoms with Crippen LogP contribution in [-0.2, 0) is 4.74 Å². The Morgan fingerprint density at radius 1 is 1.12 bits per heavy atom.